The van der Waals surface area contributed by atoms with Gasteiger partial charge < -0.3 is 14.6 Å². The van der Waals surface area contributed by atoms with Crippen molar-refractivity contribution in [1.82, 2.24) is 15.2 Å². The van der Waals surface area contributed by atoms with Crippen molar-refractivity contribution in [2.45, 2.75) is 23.8 Å². The average Bonchev–Trinajstić information content (AvgIpc) is 3.09. The van der Waals surface area contributed by atoms with Crippen LogP contribution in [-0.4, -0.2) is 56.1 Å². The second kappa shape index (κ2) is 5.56. The molecule has 7 nitrogen and oxygen atoms in total. The van der Waals surface area contributed by atoms with E-state index in [2.05, 4.69) is 15.2 Å². The molecule has 2 bridgehead atoms. The summed E-state index contributed by atoms with van der Waals surface area (Å²) in [5, 5.41) is 3.42. The summed E-state index contributed by atoms with van der Waals surface area (Å²) < 4.78 is 29.0. The standard InChI is InChI=1S/C16H19N3O4S/c1-24(21,22)13-9-23-15-12(13)2-4-17-14(15)16(20)18-11-6-10-3-5-19(7-10)8-11/h2,4,9-11H,3,5-8H2,1H3,(H,18,20)/t10-,11-/m1/s1. The van der Waals surface area contributed by atoms with E-state index in [9.17, 15) is 13.2 Å². The molecule has 24 heavy (non-hydrogen) atoms. The number of rotatable bonds is 3. The van der Waals surface area contributed by atoms with Crippen molar-refractivity contribution in [2.75, 3.05) is 25.9 Å². The molecule has 8 heteroatoms. The van der Waals surface area contributed by atoms with Gasteiger partial charge in [0.05, 0.1) is 0 Å². The zero-order chi connectivity index (χ0) is 16.9. The molecule has 2 aromatic heterocycles. The maximum atomic E-state index is 12.6. The van der Waals surface area contributed by atoms with E-state index < -0.39 is 9.84 Å². The third kappa shape index (κ3) is 2.69. The van der Waals surface area contributed by atoms with Crippen LogP contribution in [0.4, 0.5) is 0 Å². The van der Waals surface area contributed by atoms with Crippen molar-refractivity contribution in [1.29, 1.82) is 0 Å². The first-order chi connectivity index (χ1) is 11.4. The lowest BCUT2D eigenvalue weighted by Gasteiger charge is -2.30. The molecule has 2 saturated heterocycles. The molecule has 2 aliphatic heterocycles. The number of piperidine rings is 1. The number of nitrogens with one attached hydrogen (secondary N) is 1. The molecule has 4 heterocycles. The SMILES string of the molecule is CS(=O)(=O)c1coc2c(C(=O)N[C@@H]3C[C@H]4CCN(C4)C3)nccc12. The molecule has 0 saturated carbocycles. The highest BCUT2D eigenvalue weighted by Gasteiger charge is 2.33. The second-order valence-corrected chi connectivity index (χ2v) is 8.71. The van der Waals surface area contributed by atoms with Crippen LogP contribution in [0.3, 0.4) is 0 Å². The van der Waals surface area contributed by atoms with Gasteiger partial charge in [-0.2, -0.15) is 0 Å². The molecule has 2 aliphatic rings. The lowest BCUT2D eigenvalue weighted by molar-refractivity contribution is 0.0905. The summed E-state index contributed by atoms with van der Waals surface area (Å²) in [7, 11) is -3.42. The Morgan fingerprint density at radius 1 is 1.42 bits per heavy atom. The Bertz CT molecular complexity index is 893. The van der Waals surface area contributed by atoms with Crippen LogP contribution in [0, 0.1) is 5.92 Å². The Morgan fingerprint density at radius 2 is 2.25 bits per heavy atom. The van der Waals surface area contributed by atoms with Crippen LogP contribution in [0.5, 0.6) is 0 Å². The van der Waals surface area contributed by atoms with Gasteiger partial charge >= 0.3 is 0 Å². The van der Waals surface area contributed by atoms with E-state index in [4.69, 9.17) is 4.42 Å². The summed E-state index contributed by atoms with van der Waals surface area (Å²) in [6.07, 6.45) is 5.89. The number of hydrogen-bond acceptors (Lipinski definition) is 6. The lowest BCUT2D eigenvalue weighted by atomic mass is 9.97. The molecule has 2 fully saturated rings. The van der Waals surface area contributed by atoms with Crippen LogP contribution in [0.2, 0.25) is 0 Å². The van der Waals surface area contributed by atoms with E-state index in [1.54, 1.807) is 6.07 Å². The summed E-state index contributed by atoms with van der Waals surface area (Å²) in [4.78, 5) is 19.2. The average molecular weight is 349 g/mol. The van der Waals surface area contributed by atoms with Crippen LogP contribution in [0.25, 0.3) is 11.0 Å². The lowest BCUT2D eigenvalue weighted by Crippen LogP contribution is -2.47. The molecule has 2 aromatic rings. The van der Waals surface area contributed by atoms with Crippen LogP contribution in [-0.2, 0) is 9.84 Å². The molecule has 0 spiro atoms. The summed E-state index contributed by atoms with van der Waals surface area (Å²) in [5.41, 5.74) is 0.352. The predicted octanol–water partition coefficient (Wildman–Crippen LogP) is 1.06. The number of hydrogen-bond donors (Lipinski definition) is 1. The summed E-state index contributed by atoms with van der Waals surface area (Å²) in [5.74, 6) is 0.329. The number of nitrogens with zero attached hydrogens (tertiary/aromatic N) is 2. The Balaban J connectivity index is 1.62. The fourth-order valence-corrected chi connectivity index (χ4v) is 4.59. The van der Waals surface area contributed by atoms with Crippen LogP contribution in [0.15, 0.2) is 27.8 Å². The van der Waals surface area contributed by atoms with Crippen molar-refractivity contribution in [3.8, 4) is 0 Å². The van der Waals surface area contributed by atoms with E-state index in [-0.39, 0.29) is 28.1 Å². The molecule has 0 radical (unpaired) electrons. The molecule has 4 rings (SSSR count). The van der Waals surface area contributed by atoms with E-state index in [1.165, 1.54) is 18.9 Å². The summed E-state index contributed by atoms with van der Waals surface area (Å²) in [6.45, 7) is 3.07. The minimum absolute atomic E-state index is 0.0794. The third-order valence-electron chi connectivity index (χ3n) is 4.87. The first kappa shape index (κ1) is 15.6. The number of fused-ring (bicyclic) bond motifs is 3. The number of aromatic nitrogens is 1. The molecule has 128 valence electrons. The largest absolute Gasteiger partial charge is 0.460 e. The maximum absolute atomic E-state index is 12.6. The maximum Gasteiger partial charge on any atom is 0.274 e. The monoisotopic (exact) mass is 349 g/mol. The highest BCUT2D eigenvalue weighted by molar-refractivity contribution is 7.91. The quantitative estimate of drug-likeness (QED) is 0.891. The van der Waals surface area contributed by atoms with E-state index in [1.807, 2.05) is 0 Å². The first-order valence-corrected chi connectivity index (χ1v) is 9.90. The molecular weight excluding hydrogens is 330 g/mol. The number of carbonyl (C=O) groups is 1. The molecular formula is C16H19N3O4S. The zero-order valence-corrected chi connectivity index (χ0v) is 14.2. The van der Waals surface area contributed by atoms with Crippen molar-refractivity contribution >= 4 is 26.7 Å². The van der Waals surface area contributed by atoms with Crippen molar-refractivity contribution in [3.05, 3.63) is 24.2 Å². The van der Waals surface area contributed by atoms with Crippen LogP contribution in [0.1, 0.15) is 23.3 Å². The van der Waals surface area contributed by atoms with Gasteiger partial charge in [0.2, 0.25) is 0 Å². The normalized spacial score (nSPS) is 26.6. The van der Waals surface area contributed by atoms with Crippen LogP contribution < -0.4 is 5.32 Å². The minimum atomic E-state index is -3.42. The minimum Gasteiger partial charge on any atom is -0.460 e. The number of furan rings is 1. The van der Waals surface area contributed by atoms with Crippen molar-refractivity contribution < 1.29 is 17.6 Å². The Hall–Kier alpha value is -1.93. The Kier molecular flexibility index (Phi) is 3.61. The van der Waals surface area contributed by atoms with Crippen molar-refractivity contribution in [2.24, 2.45) is 5.92 Å². The van der Waals surface area contributed by atoms with E-state index >= 15 is 0 Å². The topological polar surface area (TPSA) is 92.5 Å². The van der Waals surface area contributed by atoms with E-state index in [0.29, 0.717) is 11.3 Å². The van der Waals surface area contributed by atoms with Gasteiger partial charge in [0.15, 0.2) is 21.1 Å². The fourth-order valence-electron chi connectivity index (χ4n) is 3.80. The van der Waals surface area contributed by atoms with E-state index in [0.717, 1.165) is 32.3 Å². The highest BCUT2D eigenvalue weighted by atomic mass is 32.2. The zero-order valence-electron chi connectivity index (χ0n) is 13.4. The first-order valence-electron chi connectivity index (χ1n) is 8.01. The van der Waals surface area contributed by atoms with Gasteiger partial charge in [0.25, 0.3) is 5.91 Å². The molecule has 1 unspecified atom stereocenters. The summed E-state index contributed by atoms with van der Waals surface area (Å²) in [6, 6.07) is 1.65. The molecule has 1 amide bonds. The summed E-state index contributed by atoms with van der Waals surface area (Å²) >= 11 is 0. The van der Waals surface area contributed by atoms with Gasteiger partial charge in [-0.1, -0.05) is 0 Å². The molecule has 0 aliphatic carbocycles. The third-order valence-corrected chi connectivity index (χ3v) is 5.99. The van der Waals surface area contributed by atoms with Gasteiger partial charge in [0, 0.05) is 37.0 Å². The molecule has 1 N–H and O–H groups in total. The van der Waals surface area contributed by atoms with Gasteiger partial charge in [-0.25, -0.2) is 13.4 Å². The fraction of sp³-hybridized carbons (Fsp3) is 0.500. The second-order valence-electron chi connectivity index (χ2n) is 6.73. The van der Waals surface area contributed by atoms with Crippen molar-refractivity contribution in [3.63, 3.8) is 0 Å². The Labute approximate surface area is 139 Å². The molecule has 0 aromatic carbocycles. The predicted molar refractivity (Wildman–Crippen MR) is 87.5 cm³/mol. The number of amides is 1. The van der Waals surface area contributed by atoms with Gasteiger partial charge in [-0.05, 0) is 31.4 Å². The number of sulfone groups is 1. The van der Waals surface area contributed by atoms with Gasteiger partial charge in [-0.3, -0.25) is 4.79 Å². The molecule has 3 atom stereocenters. The smallest absolute Gasteiger partial charge is 0.274 e. The van der Waals surface area contributed by atoms with Crippen LogP contribution >= 0.6 is 0 Å². The number of carbonyl (C=O) groups excluding carboxylic acids is 1. The van der Waals surface area contributed by atoms with Gasteiger partial charge in [-0.15, -0.1) is 0 Å². The Morgan fingerprint density at radius 3 is 3.00 bits per heavy atom. The number of pyridine rings is 1. The van der Waals surface area contributed by atoms with Gasteiger partial charge in [0.1, 0.15) is 11.2 Å². The highest BCUT2D eigenvalue weighted by Crippen LogP contribution is 2.28.